The Bertz CT molecular complexity index is 196. The zero-order valence-electron chi connectivity index (χ0n) is 9.45. The Morgan fingerprint density at radius 3 is 3.07 bits per heavy atom. The number of aliphatic hydroxyl groups excluding tert-OH is 1. The Morgan fingerprint density at radius 2 is 2.40 bits per heavy atom. The van der Waals surface area contributed by atoms with Crippen LogP contribution in [0.2, 0.25) is 0 Å². The summed E-state index contributed by atoms with van der Waals surface area (Å²) in [5.41, 5.74) is 0. The average molecular weight is 215 g/mol. The van der Waals surface area contributed by atoms with Crippen molar-refractivity contribution < 1.29 is 14.6 Å². The molecule has 1 unspecified atom stereocenters. The van der Waals surface area contributed by atoms with E-state index in [1.165, 1.54) is 0 Å². The number of rotatable bonds is 5. The van der Waals surface area contributed by atoms with E-state index < -0.39 is 0 Å². The number of hydrogen-bond acceptors (Lipinski definition) is 4. The molecule has 0 aliphatic carbocycles. The van der Waals surface area contributed by atoms with Gasteiger partial charge in [0.05, 0.1) is 13.0 Å². The van der Waals surface area contributed by atoms with E-state index in [0.717, 1.165) is 32.5 Å². The van der Waals surface area contributed by atoms with Crippen LogP contribution in [-0.4, -0.2) is 48.8 Å². The van der Waals surface area contributed by atoms with Crippen LogP contribution in [0.4, 0.5) is 0 Å². The van der Waals surface area contributed by atoms with Crippen molar-refractivity contribution in [2.45, 2.75) is 26.2 Å². The number of nitrogens with zero attached hydrogens (tertiary/aromatic N) is 1. The molecule has 1 N–H and O–H groups in total. The van der Waals surface area contributed by atoms with Crippen molar-refractivity contribution in [3.63, 3.8) is 0 Å². The molecule has 0 aromatic rings. The molecular formula is C11H21NO3. The Labute approximate surface area is 91.2 Å². The molecule has 4 heteroatoms. The molecule has 0 saturated carbocycles. The minimum Gasteiger partial charge on any atom is -0.466 e. The van der Waals surface area contributed by atoms with Crippen molar-refractivity contribution in [3.8, 4) is 0 Å². The van der Waals surface area contributed by atoms with Gasteiger partial charge in [-0.05, 0) is 32.2 Å². The normalized spacial score (nSPS) is 22.7. The van der Waals surface area contributed by atoms with Crippen LogP contribution in [-0.2, 0) is 9.53 Å². The summed E-state index contributed by atoms with van der Waals surface area (Å²) in [5, 5.41) is 9.05. The highest BCUT2D eigenvalue weighted by molar-refractivity contribution is 5.69. The van der Waals surface area contributed by atoms with Crippen molar-refractivity contribution in [1.29, 1.82) is 0 Å². The Morgan fingerprint density at radius 1 is 1.60 bits per heavy atom. The molecule has 4 nitrogen and oxygen atoms in total. The van der Waals surface area contributed by atoms with E-state index in [0.29, 0.717) is 18.9 Å². The highest BCUT2D eigenvalue weighted by Crippen LogP contribution is 2.15. The highest BCUT2D eigenvalue weighted by Gasteiger charge is 2.19. The third-order valence-electron chi connectivity index (χ3n) is 2.80. The molecule has 0 amide bonds. The van der Waals surface area contributed by atoms with Crippen LogP contribution < -0.4 is 0 Å². The molecule has 0 aromatic heterocycles. The van der Waals surface area contributed by atoms with E-state index >= 15 is 0 Å². The van der Waals surface area contributed by atoms with E-state index in [4.69, 9.17) is 9.84 Å². The number of esters is 1. The van der Waals surface area contributed by atoms with Gasteiger partial charge in [0, 0.05) is 19.7 Å². The first-order valence-corrected chi connectivity index (χ1v) is 5.75. The second kappa shape index (κ2) is 6.80. The number of likely N-dealkylation sites (tertiary alicyclic amines) is 1. The van der Waals surface area contributed by atoms with Gasteiger partial charge in [-0.1, -0.05) is 0 Å². The van der Waals surface area contributed by atoms with Crippen LogP contribution >= 0.6 is 0 Å². The van der Waals surface area contributed by atoms with E-state index in [9.17, 15) is 4.79 Å². The van der Waals surface area contributed by atoms with Crippen LogP contribution in [0.15, 0.2) is 0 Å². The molecule has 1 fully saturated rings. The third-order valence-corrected chi connectivity index (χ3v) is 2.80. The predicted octanol–water partition coefficient (Wildman–Crippen LogP) is 0.644. The minimum atomic E-state index is -0.122. The summed E-state index contributed by atoms with van der Waals surface area (Å²) < 4.78 is 4.87. The van der Waals surface area contributed by atoms with Crippen LogP contribution in [0.3, 0.4) is 0 Å². The van der Waals surface area contributed by atoms with Crippen LogP contribution in [0.25, 0.3) is 0 Å². The molecule has 0 aromatic carbocycles. The first-order valence-electron chi connectivity index (χ1n) is 5.75. The van der Waals surface area contributed by atoms with E-state index in [-0.39, 0.29) is 12.6 Å². The van der Waals surface area contributed by atoms with Gasteiger partial charge in [0.1, 0.15) is 0 Å². The minimum absolute atomic E-state index is 0.122. The van der Waals surface area contributed by atoms with Gasteiger partial charge in [-0.3, -0.25) is 4.79 Å². The maximum atomic E-state index is 11.1. The summed E-state index contributed by atoms with van der Waals surface area (Å²) in [7, 11) is 0. The molecule has 1 saturated heterocycles. The molecule has 15 heavy (non-hydrogen) atoms. The first-order chi connectivity index (χ1) is 7.26. The quantitative estimate of drug-likeness (QED) is 0.684. The number of carbonyl (C=O) groups excluding carboxylic acids is 1. The zero-order valence-corrected chi connectivity index (χ0v) is 9.45. The SMILES string of the molecule is CCOC(=O)CCN1CCCC(CO)C1. The number of aliphatic hydroxyl groups is 1. The highest BCUT2D eigenvalue weighted by atomic mass is 16.5. The zero-order chi connectivity index (χ0) is 11.1. The van der Waals surface area contributed by atoms with Crippen molar-refractivity contribution in [2.75, 3.05) is 32.8 Å². The summed E-state index contributed by atoms with van der Waals surface area (Å²) in [6.07, 6.45) is 2.69. The van der Waals surface area contributed by atoms with Crippen molar-refractivity contribution >= 4 is 5.97 Å². The second-order valence-corrected chi connectivity index (χ2v) is 4.05. The van der Waals surface area contributed by atoms with Gasteiger partial charge in [0.25, 0.3) is 0 Å². The molecule has 0 spiro atoms. The van der Waals surface area contributed by atoms with Gasteiger partial charge in [-0.2, -0.15) is 0 Å². The largest absolute Gasteiger partial charge is 0.466 e. The topological polar surface area (TPSA) is 49.8 Å². The Balaban J connectivity index is 2.17. The lowest BCUT2D eigenvalue weighted by atomic mass is 9.99. The molecule has 1 aliphatic heterocycles. The van der Waals surface area contributed by atoms with Gasteiger partial charge >= 0.3 is 5.97 Å². The smallest absolute Gasteiger partial charge is 0.307 e. The summed E-state index contributed by atoms with van der Waals surface area (Å²) in [4.78, 5) is 13.4. The number of hydrogen-bond donors (Lipinski definition) is 1. The van der Waals surface area contributed by atoms with Gasteiger partial charge < -0.3 is 14.7 Å². The maximum Gasteiger partial charge on any atom is 0.307 e. The molecule has 88 valence electrons. The molecular weight excluding hydrogens is 194 g/mol. The van der Waals surface area contributed by atoms with Gasteiger partial charge in [0.15, 0.2) is 0 Å². The van der Waals surface area contributed by atoms with Crippen LogP contribution in [0, 0.1) is 5.92 Å². The van der Waals surface area contributed by atoms with E-state index in [1.54, 1.807) is 0 Å². The van der Waals surface area contributed by atoms with E-state index in [1.807, 2.05) is 6.92 Å². The molecule has 0 bridgehead atoms. The second-order valence-electron chi connectivity index (χ2n) is 4.05. The average Bonchev–Trinajstić information content (AvgIpc) is 2.27. The van der Waals surface area contributed by atoms with Crippen LogP contribution in [0.5, 0.6) is 0 Å². The lowest BCUT2D eigenvalue weighted by molar-refractivity contribution is -0.143. The number of ether oxygens (including phenoxy) is 1. The van der Waals surface area contributed by atoms with Gasteiger partial charge in [0.2, 0.25) is 0 Å². The molecule has 0 radical (unpaired) electrons. The van der Waals surface area contributed by atoms with Crippen molar-refractivity contribution in [1.82, 2.24) is 4.90 Å². The molecule has 1 atom stereocenters. The summed E-state index contributed by atoms with van der Waals surface area (Å²) in [6.45, 7) is 5.25. The molecule has 1 rings (SSSR count). The molecule has 1 heterocycles. The lowest BCUT2D eigenvalue weighted by Crippen LogP contribution is -2.38. The van der Waals surface area contributed by atoms with Crippen LogP contribution in [0.1, 0.15) is 26.2 Å². The summed E-state index contributed by atoms with van der Waals surface area (Å²) in [5.74, 6) is 0.268. The fraction of sp³-hybridized carbons (Fsp3) is 0.909. The maximum absolute atomic E-state index is 11.1. The monoisotopic (exact) mass is 215 g/mol. The first kappa shape index (κ1) is 12.5. The lowest BCUT2D eigenvalue weighted by Gasteiger charge is -2.31. The van der Waals surface area contributed by atoms with E-state index in [2.05, 4.69) is 4.90 Å². The number of carbonyl (C=O) groups is 1. The Kier molecular flexibility index (Phi) is 5.65. The molecule has 1 aliphatic rings. The summed E-state index contributed by atoms with van der Waals surface area (Å²) in [6, 6.07) is 0. The third kappa shape index (κ3) is 4.62. The fourth-order valence-corrected chi connectivity index (χ4v) is 1.99. The van der Waals surface area contributed by atoms with Crippen molar-refractivity contribution in [2.24, 2.45) is 5.92 Å². The van der Waals surface area contributed by atoms with Gasteiger partial charge in [-0.25, -0.2) is 0 Å². The number of piperidine rings is 1. The predicted molar refractivity (Wildman–Crippen MR) is 57.5 cm³/mol. The fourth-order valence-electron chi connectivity index (χ4n) is 1.99. The summed E-state index contributed by atoms with van der Waals surface area (Å²) >= 11 is 0. The standard InChI is InChI=1S/C11H21NO3/c1-2-15-11(14)5-7-12-6-3-4-10(8-12)9-13/h10,13H,2-9H2,1H3. The van der Waals surface area contributed by atoms with Crippen molar-refractivity contribution in [3.05, 3.63) is 0 Å². The van der Waals surface area contributed by atoms with Gasteiger partial charge in [-0.15, -0.1) is 0 Å². The Hall–Kier alpha value is -0.610.